The third kappa shape index (κ3) is 10.4. The van der Waals surface area contributed by atoms with Crippen molar-refractivity contribution in [2.45, 2.75) is 64.3 Å². The minimum absolute atomic E-state index is 0.0571. The van der Waals surface area contributed by atoms with Gasteiger partial charge in [0.05, 0.1) is 49.4 Å². The highest BCUT2D eigenvalue weighted by Crippen LogP contribution is 2.44. The van der Waals surface area contributed by atoms with Crippen LogP contribution in [0.1, 0.15) is 60.2 Å². The summed E-state index contributed by atoms with van der Waals surface area (Å²) in [7, 11) is -1.05. The van der Waals surface area contributed by atoms with Gasteiger partial charge in [-0.15, -0.1) is 11.3 Å². The van der Waals surface area contributed by atoms with E-state index in [1.165, 1.54) is 29.0 Å². The number of nitrogens with one attached hydrogen (secondary N) is 5. The lowest BCUT2D eigenvalue weighted by Crippen LogP contribution is -2.44. The van der Waals surface area contributed by atoms with E-state index >= 15 is 0 Å². The van der Waals surface area contributed by atoms with E-state index in [4.69, 9.17) is 9.72 Å². The highest BCUT2D eigenvalue weighted by Gasteiger charge is 2.33. The number of rotatable bonds is 16. The number of nitrogens with zero attached hydrogens (tertiary/aromatic N) is 4. The number of carbonyl (C=O) groups is 2. The lowest BCUT2D eigenvalue weighted by Gasteiger charge is -2.35. The smallest absolute Gasteiger partial charge is 0.234 e. The first-order valence-corrected chi connectivity index (χ1v) is 24.7. The molecule has 324 valence electrons. The van der Waals surface area contributed by atoms with Crippen LogP contribution in [0.4, 0.5) is 37.6 Å². The molecule has 2 fully saturated rings. The Kier molecular flexibility index (Phi) is 14.0. The van der Waals surface area contributed by atoms with Gasteiger partial charge >= 0.3 is 0 Å². The average Bonchev–Trinajstić information content (AvgIpc) is 3.60. The fraction of sp³-hybridized carbons (Fsp3) is 0.419. The van der Waals surface area contributed by atoms with E-state index < -0.39 is 36.5 Å². The van der Waals surface area contributed by atoms with Gasteiger partial charge in [0.1, 0.15) is 30.3 Å². The van der Waals surface area contributed by atoms with E-state index in [9.17, 15) is 22.9 Å². The Balaban J connectivity index is 0.916. The number of piperidine rings is 2. The van der Waals surface area contributed by atoms with E-state index in [-0.39, 0.29) is 18.4 Å². The number of thiazole rings is 1. The van der Waals surface area contributed by atoms with Gasteiger partial charge in [-0.2, -0.15) is 4.98 Å². The Morgan fingerprint density at radius 2 is 1.75 bits per heavy atom. The van der Waals surface area contributed by atoms with E-state index in [0.29, 0.717) is 58.8 Å². The fourth-order valence-corrected chi connectivity index (χ4v) is 11.3. The highest BCUT2D eigenvalue weighted by atomic mass is 79.9. The molecule has 0 aliphatic carbocycles. The molecule has 5 N–H and O–H groups in total. The summed E-state index contributed by atoms with van der Waals surface area (Å²) in [4.78, 5) is 40.0. The normalized spacial score (nSPS) is 16.3. The van der Waals surface area contributed by atoms with Gasteiger partial charge in [0, 0.05) is 62.2 Å². The molecule has 1 unspecified atom stereocenters. The van der Waals surface area contributed by atoms with Crippen molar-refractivity contribution in [2.24, 2.45) is 0 Å². The van der Waals surface area contributed by atoms with Crippen LogP contribution in [0.25, 0.3) is 10.2 Å². The molecule has 13 nitrogen and oxygen atoms in total. The number of imide groups is 1. The van der Waals surface area contributed by atoms with Crippen LogP contribution >= 0.6 is 34.4 Å². The van der Waals surface area contributed by atoms with E-state index in [0.717, 1.165) is 70.8 Å². The molecule has 1 atom stereocenters. The van der Waals surface area contributed by atoms with Crippen LogP contribution in [-0.4, -0.2) is 86.0 Å². The third-order valence-corrected chi connectivity index (χ3v) is 14.4. The predicted molar refractivity (Wildman–Crippen MR) is 243 cm³/mol. The maximum Gasteiger partial charge on any atom is 0.234 e. The molecule has 5 aromatic rings. The minimum Gasteiger partial charge on any atom is -0.494 e. The number of hydrogen-bond acceptors (Lipinski definition) is 13. The zero-order valence-electron chi connectivity index (χ0n) is 34.9. The highest BCUT2D eigenvalue weighted by molar-refractivity contribution is 9.10. The summed E-state index contributed by atoms with van der Waals surface area (Å²) in [5.74, 6) is -2.04. The number of carbonyl (C=O) groups excluding carboxylic acids is 2. The molecule has 0 bridgehead atoms. The van der Waals surface area contributed by atoms with Crippen LogP contribution in [0.5, 0.6) is 5.75 Å². The van der Waals surface area contributed by atoms with E-state index in [1.807, 2.05) is 19.1 Å². The number of aryl methyl sites for hydroxylation is 2. The summed E-state index contributed by atoms with van der Waals surface area (Å²) in [6.45, 7) is 11.4. The summed E-state index contributed by atoms with van der Waals surface area (Å²) in [6.07, 6.45) is 5.01. The van der Waals surface area contributed by atoms with Gasteiger partial charge in [0.15, 0.2) is 0 Å². The molecule has 2 amide bonds. The molecular weight excluding hydrogens is 887 g/mol. The summed E-state index contributed by atoms with van der Waals surface area (Å²) in [6, 6.07) is 10.9. The maximum absolute atomic E-state index is 14.9. The summed E-state index contributed by atoms with van der Waals surface area (Å²) >= 11 is 5.13. The van der Waals surface area contributed by atoms with Gasteiger partial charge in [0.25, 0.3) is 0 Å². The number of benzene rings is 3. The second-order valence-electron chi connectivity index (χ2n) is 15.8. The van der Waals surface area contributed by atoms with Gasteiger partial charge in [-0.05, 0) is 116 Å². The Labute approximate surface area is 366 Å². The second kappa shape index (κ2) is 19.2. The predicted octanol–water partition coefficient (Wildman–Crippen LogP) is 7.65. The number of methoxy groups -OCH3 is 1. The monoisotopic (exact) mass is 937 g/mol. The van der Waals surface area contributed by atoms with Crippen LogP contribution in [0.15, 0.2) is 47.1 Å². The van der Waals surface area contributed by atoms with E-state index in [1.54, 1.807) is 26.6 Å². The molecule has 0 saturated carbocycles. The average molecular weight is 939 g/mol. The van der Waals surface area contributed by atoms with Crippen molar-refractivity contribution in [3.63, 3.8) is 0 Å². The summed E-state index contributed by atoms with van der Waals surface area (Å²) < 4.78 is 50.8. The summed E-state index contributed by atoms with van der Waals surface area (Å²) in [5, 5.41) is 17.6. The molecule has 0 spiro atoms. The number of hydrogen-bond donors (Lipinski definition) is 5. The number of halogens is 3. The molecule has 4 heterocycles. The van der Waals surface area contributed by atoms with Gasteiger partial charge in [-0.25, -0.2) is 18.7 Å². The quantitative estimate of drug-likeness (QED) is 0.0374. The topological polar surface area (TPSA) is 162 Å². The van der Waals surface area contributed by atoms with Gasteiger partial charge in [-0.1, -0.05) is 6.92 Å². The zero-order chi connectivity index (χ0) is 43.4. The van der Waals surface area contributed by atoms with Crippen LogP contribution in [-0.2, 0) is 27.0 Å². The number of anilines is 5. The van der Waals surface area contributed by atoms with Crippen molar-refractivity contribution in [3.8, 4) is 5.75 Å². The molecule has 18 heteroatoms. The first-order valence-electron chi connectivity index (χ1n) is 20.5. The Morgan fingerprint density at radius 1 is 1.00 bits per heavy atom. The largest absolute Gasteiger partial charge is 0.494 e. The Bertz CT molecular complexity index is 2470. The van der Waals surface area contributed by atoms with Crippen molar-refractivity contribution >= 4 is 90.6 Å². The standard InChI is InChI=1S/C43H51BrF2N9O4PS/c1-6-26-21-34(52-43-49-23-29(44)41(54-43)51-32-8-9-33-40(61-24(2)50-33)39(32)60(4,5)58)36(59-3)22-35(26)55-17-12-27(13-18-55)48-16-15-47-14-11-25-19-30(45)38(31(46)20-25)28-7-10-37(56)53-42(28)57/h8-9,19-23,27-28,47-48H,6-7,10-18H2,1-5H3,(H,53,56,57)(H2,49,51,52,54). The molecule has 2 aliphatic heterocycles. The molecule has 2 saturated heterocycles. The Morgan fingerprint density at radius 3 is 2.44 bits per heavy atom. The molecule has 0 radical (unpaired) electrons. The second-order valence-corrected chi connectivity index (χ2v) is 21.0. The molecule has 61 heavy (non-hydrogen) atoms. The van der Waals surface area contributed by atoms with Crippen molar-refractivity contribution in [1.29, 1.82) is 0 Å². The van der Waals surface area contributed by atoms with Crippen molar-refractivity contribution < 1.29 is 27.7 Å². The zero-order valence-corrected chi connectivity index (χ0v) is 38.2. The van der Waals surface area contributed by atoms with Crippen molar-refractivity contribution in [3.05, 3.63) is 80.4 Å². The molecule has 7 rings (SSSR count). The SMILES string of the molecule is CCc1cc(Nc2ncc(Br)c(Nc3ccc4nc(C)sc4c3P(C)(C)=O)n2)c(OC)cc1N1CCC(NCCNCCc2cc(F)c(C3CCC(=O)NC3=O)c(F)c2)CC1. The van der Waals surface area contributed by atoms with Gasteiger partial charge in [-0.3, -0.25) is 14.9 Å². The van der Waals surface area contributed by atoms with Crippen LogP contribution in [0.2, 0.25) is 0 Å². The van der Waals surface area contributed by atoms with E-state index in [2.05, 4.69) is 76.4 Å². The maximum atomic E-state index is 14.9. The first kappa shape index (κ1) is 44.5. The first-order chi connectivity index (χ1) is 29.2. The summed E-state index contributed by atoms with van der Waals surface area (Å²) in [5.41, 5.74) is 4.81. The molecular formula is C43H51BrF2N9O4PS. The van der Waals surface area contributed by atoms with Crippen LogP contribution in [0, 0.1) is 18.6 Å². The third-order valence-electron chi connectivity index (χ3n) is 11.1. The van der Waals surface area contributed by atoms with Crippen molar-refractivity contribution in [2.75, 3.05) is 68.7 Å². The molecule has 2 aliphatic rings. The fourth-order valence-electron chi connectivity index (χ4n) is 8.08. The van der Waals surface area contributed by atoms with Crippen LogP contribution in [0.3, 0.4) is 0 Å². The van der Waals surface area contributed by atoms with Gasteiger partial charge < -0.3 is 35.5 Å². The van der Waals surface area contributed by atoms with Crippen LogP contribution < -0.4 is 41.5 Å². The lowest BCUT2D eigenvalue weighted by molar-refractivity contribution is -0.134. The number of ether oxygens (including phenoxy) is 1. The number of amides is 2. The van der Waals surface area contributed by atoms with Crippen molar-refractivity contribution in [1.82, 2.24) is 30.9 Å². The molecule has 3 aromatic carbocycles. The molecule has 2 aromatic heterocycles. The lowest BCUT2D eigenvalue weighted by atomic mass is 9.89. The number of fused-ring (bicyclic) bond motifs is 1. The Hall–Kier alpha value is -4.54. The number of aromatic nitrogens is 3. The minimum atomic E-state index is -2.70. The van der Waals surface area contributed by atoms with Gasteiger partial charge in [0.2, 0.25) is 17.8 Å².